The highest BCUT2D eigenvalue weighted by Gasteiger charge is 2.23. The SMILES string of the molecule is OC(c1ccccc1Br)C1CCCNC1. The van der Waals surface area contributed by atoms with Gasteiger partial charge < -0.3 is 10.4 Å². The maximum absolute atomic E-state index is 10.3. The molecule has 1 aromatic carbocycles. The lowest BCUT2D eigenvalue weighted by atomic mass is 9.89. The number of aliphatic hydroxyl groups is 1. The number of benzene rings is 1. The summed E-state index contributed by atoms with van der Waals surface area (Å²) in [5.41, 5.74) is 1.01. The lowest BCUT2D eigenvalue weighted by Crippen LogP contribution is -2.33. The van der Waals surface area contributed by atoms with Gasteiger partial charge in [0.2, 0.25) is 0 Å². The summed E-state index contributed by atoms with van der Waals surface area (Å²) in [5.74, 6) is 0.345. The Morgan fingerprint density at radius 1 is 1.40 bits per heavy atom. The van der Waals surface area contributed by atoms with E-state index < -0.39 is 0 Å². The summed E-state index contributed by atoms with van der Waals surface area (Å²) in [4.78, 5) is 0. The van der Waals surface area contributed by atoms with E-state index >= 15 is 0 Å². The minimum atomic E-state index is -0.353. The van der Waals surface area contributed by atoms with Gasteiger partial charge in [-0.25, -0.2) is 0 Å². The van der Waals surface area contributed by atoms with E-state index in [1.54, 1.807) is 0 Å². The predicted molar refractivity (Wildman–Crippen MR) is 64.7 cm³/mol. The van der Waals surface area contributed by atoms with Crippen molar-refractivity contribution in [1.29, 1.82) is 0 Å². The van der Waals surface area contributed by atoms with Crippen LogP contribution in [0.3, 0.4) is 0 Å². The van der Waals surface area contributed by atoms with Crippen molar-refractivity contribution in [2.24, 2.45) is 5.92 Å². The van der Waals surface area contributed by atoms with Gasteiger partial charge in [0.25, 0.3) is 0 Å². The van der Waals surface area contributed by atoms with Crippen molar-refractivity contribution >= 4 is 15.9 Å². The molecule has 82 valence electrons. The average Bonchev–Trinajstić information content (AvgIpc) is 2.30. The molecule has 2 unspecified atom stereocenters. The van der Waals surface area contributed by atoms with Gasteiger partial charge in [0.1, 0.15) is 0 Å². The molecule has 0 aliphatic carbocycles. The van der Waals surface area contributed by atoms with Gasteiger partial charge >= 0.3 is 0 Å². The zero-order valence-electron chi connectivity index (χ0n) is 8.62. The third kappa shape index (κ3) is 2.60. The smallest absolute Gasteiger partial charge is 0.0841 e. The topological polar surface area (TPSA) is 32.3 Å². The maximum atomic E-state index is 10.3. The molecular weight excluding hydrogens is 254 g/mol. The second-order valence-corrected chi connectivity index (χ2v) is 4.93. The Bertz CT molecular complexity index is 323. The quantitative estimate of drug-likeness (QED) is 0.865. The Labute approximate surface area is 98.8 Å². The van der Waals surface area contributed by atoms with Gasteiger partial charge in [-0.1, -0.05) is 34.1 Å². The van der Waals surface area contributed by atoms with Crippen LogP contribution in [0.25, 0.3) is 0 Å². The monoisotopic (exact) mass is 269 g/mol. The number of halogens is 1. The molecule has 1 aliphatic rings. The van der Waals surface area contributed by atoms with E-state index in [0.717, 1.165) is 36.0 Å². The molecule has 0 bridgehead atoms. The van der Waals surface area contributed by atoms with Crippen molar-refractivity contribution in [3.05, 3.63) is 34.3 Å². The second-order valence-electron chi connectivity index (χ2n) is 4.07. The highest BCUT2D eigenvalue weighted by Crippen LogP contribution is 2.31. The minimum Gasteiger partial charge on any atom is -0.388 e. The van der Waals surface area contributed by atoms with Crippen molar-refractivity contribution in [2.75, 3.05) is 13.1 Å². The average molecular weight is 270 g/mol. The molecule has 1 fully saturated rings. The molecule has 2 nitrogen and oxygen atoms in total. The Kier molecular flexibility index (Phi) is 3.78. The van der Waals surface area contributed by atoms with E-state index in [1.165, 1.54) is 0 Å². The van der Waals surface area contributed by atoms with Crippen molar-refractivity contribution < 1.29 is 5.11 Å². The predicted octanol–water partition coefficient (Wildman–Crippen LogP) is 2.48. The van der Waals surface area contributed by atoms with Crippen LogP contribution in [0.15, 0.2) is 28.7 Å². The number of hydrogen-bond donors (Lipinski definition) is 2. The van der Waals surface area contributed by atoms with Crippen LogP contribution in [-0.4, -0.2) is 18.2 Å². The first-order valence-corrected chi connectivity index (χ1v) is 6.21. The number of rotatable bonds is 2. The summed E-state index contributed by atoms with van der Waals surface area (Å²) in [7, 11) is 0. The third-order valence-electron chi connectivity index (χ3n) is 3.01. The molecule has 2 rings (SSSR count). The van der Waals surface area contributed by atoms with E-state index in [4.69, 9.17) is 0 Å². The molecule has 2 atom stereocenters. The summed E-state index contributed by atoms with van der Waals surface area (Å²) in [5, 5.41) is 13.6. The van der Waals surface area contributed by atoms with E-state index in [2.05, 4.69) is 21.2 Å². The van der Waals surface area contributed by atoms with Crippen LogP contribution < -0.4 is 5.32 Å². The van der Waals surface area contributed by atoms with Crippen molar-refractivity contribution in [2.45, 2.75) is 18.9 Å². The number of hydrogen-bond acceptors (Lipinski definition) is 2. The molecule has 1 heterocycles. The van der Waals surface area contributed by atoms with Gasteiger partial charge in [-0.2, -0.15) is 0 Å². The van der Waals surface area contributed by atoms with Crippen LogP contribution in [0.1, 0.15) is 24.5 Å². The van der Waals surface area contributed by atoms with Crippen molar-refractivity contribution in [1.82, 2.24) is 5.32 Å². The molecule has 2 N–H and O–H groups in total. The molecule has 0 spiro atoms. The van der Waals surface area contributed by atoms with Crippen LogP contribution >= 0.6 is 15.9 Å². The summed E-state index contributed by atoms with van der Waals surface area (Å²) >= 11 is 3.48. The molecule has 1 aromatic rings. The Morgan fingerprint density at radius 2 is 2.20 bits per heavy atom. The van der Waals surface area contributed by atoms with Gasteiger partial charge in [0, 0.05) is 16.9 Å². The number of piperidine rings is 1. The van der Waals surface area contributed by atoms with Gasteiger partial charge in [-0.3, -0.25) is 0 Å². The van der Waals surface area contributed by atoms with E-state index in [9.17, 15) is 5.11 Å². The molecule has 0 aromatic heterocycles. The molecular formula is C12H16BrNO. The van der Waals surface area contributed by atoms with Crippen LogP contribution in [0.5, 0.6) is 0 Å². The Morgan fingerprint density at radius 3 is 2.87 bits per heavy atom. The first kappa shape index (κ1) is 11.1. The van der Waals surface area contributed by atoms with Crippen LogP contribution in [0.4, 0.5) is 0 Å². The Balaban J connectivity index is 2.12. The highest BCUT2D eigenvalue weighted by atomic mass is 79.9. The zero-order chi connectivity index (χ0) is 10.7. The fourth-order valence-corrected chi connectivity index (χ4v) is 2.64. The zero-order valence-corrected chi connectivity index (χ0v) is 10.2. The number of aliphatic hydroxyl groups excluding tert-OH is 1. The first-order chi connectivity index (χ1) is 7.29. The molecule has 0 radical (unpaired) electrons. The molecule has 1 saturated heterocycles. The molecule has 15 heavy (non-hydrogen) atoms. The van der Waals surface area contributed by atoms with Crippen molar-refractivity contribution in [3.8, 4) is 0 Å². The summed E-state index contributed by atoms with van der Waals surface area (Å²) in [6.45, 7) is 2.00. The molecule has 3 heteroatoms. The Hall–Kier alpha value is -0.380. The van der Waals surface area contributed by atoms with Gasteiger partial charge in [-0.15, -0.1) is 0 Å². The lowest BCUT2D eigenvalue weighted by molar-refractivity contribution is 0.0915. The first-order valence-electron chi connectivity index (χ1n) is 5.42. The normalized spacial score (nSPS) is 23.7. The fourth-order valence-electron chi connectivity index (χ4n) is 2.12. The minimum absolute atomic E-state index is 0.345. The van der Waals surface area contributed by atoms with E-state index in [1.807, 2.05) is 24.3 Å². The summed E-state index contributed by atoms with van der Waals surface area (Å²) < 4.78 is 1.00. The summed E-state index contributed by atoms with van der Waals surface area (Å²) in [6, 6.07) is 7.91. The van der Waals surface area contributed by atoms with Crippen LogP contribution in [-0.2, 0) is 0 Å². The standard InChI is InChI=1S/C12H16BrNO/c13-11-6-2-1-5-10(11)12(15)9-4-3-7-14-8-9/h1-2,5-6,9,12,14-15H,3-4,7-8H2. The van der Waals surface area contributed by atoms with Crippen molar-refractivity contribution in [3.63, 3.8) is 0 Å². The molecule has 0 saturated carbocycles. The highest BCUT2D eigenvalue weighted by molar-refractivity contribution is 9.10. The van der Waals surface area contributed by atoms with E-state index in [-0.39, 0.29) is 6.10 Å². The third-order valence-corrected chi connectivity index (χ3v) is 3.73. The maximum Gasteiger partial charge on any atom is 0.0841 e. The van der Waals surface area contributed by atoms with E-state index in [0.29, 0.717) is 5.92 Å². The fraction of sp³-hybridized carbons (Fsp3) is 0.500. The summed E-state index contributed by atoms with van der Waals surface area (Å²) in [6.07, 6.45) is 1.91. The van der Waals surface area contributed by atoms with Gasteiger partial charge in [0.15, 0.2) is 0 Å². The largest absolute Gasteiger partial charge is 0.388 e. The molecule has 1 aliphatic heterocycles. The molecule has 0 amide bonds. The number of nitrogens with one attached hydrogen (secondary N) is 1. The van der Waals surface area contributed by atoms with Gasteiger partial charge in [0.05, 0.1) is 6.10 Å². The van der Waals surface area contributed by atoms with Crippen LogP contribution in [0, 0.1) is 5.92 Å². The second kappa shape index (κ2) is 5.10. The van der Waals surface area contributed by atoms with Crippen LogP contribution in [0.2, 0.25) is 0 Å². The van der Waals surface area contributed by atoms with Gasteiger partial charge in [-0.05, 0) is 31.0 Å². The lowest BCUT2D eigenvalue weighted by Gasteiger charge is -2.28.